The smallest absolute Gasteiger partial charge is 0.257 e. The Morgan fingerprint density at radius 2 is 2.10 bits per heavy atom. The van der Waals surface area contributed by atoms with Gasteiger partial charge in [-0.15, -0.1) is 11.6 Å². The molecule has 1 saturated heterocycles. The van der Waals surface area contributed by atoms with Gasteiger partial charge in [-0.3, -0.25) is 4.79 Å². The van der Waals surface area contributed by atoms with Gasteiger partial charge in [-0.2, -0.15) is 0 Å². The van der Waals surface area contributed by atoms with Crippen LogP contribution >= 0.6 is 23.2 Å². The summed E-state index contributed by atoms with van der Waals surface area (Å²) in [7, 11) is 0. The number of amides is 1. The Bertz CT molecular complexity index is 510. The molecule has 1 atom stereocenters. The maximum absolute atomic E-state index is 13.8. The topological polar surface area (TPSA) is 20.3 Å². The third kappa shape index (κ3) is 3.23. The van der Waals surface area contributed by atoms with E-state index in [2.05, 4.69) is 0 Å². The lowest BCUT2D eigenvalue weighted by molar-refractivity contribution is 0.0725. The molecule has 2 nitrogen and oxygen atoms in total. The average molecular weight is 322 g/mol. The molecule has 2 rings (SSSR count). The van der Waals surface area contributed by atoms with Crippen LogP contribution in [0.2, 0.25) is 5.02 Å². The van der Waals surface area contributed by atoms with E-state index in [1.54, 1.807) is 4.90 Å². The molecule has 20 heavy (non-hydrogen) atoms. The second-order valence-corrected chi connectivity index (χ2v) is 5.66. The van der Waals surface area contributed by atoms with E-state index >= 15 is 0 Å². The summed E-state index contributed by atoms with van der Waals surface area (Å²) in [6.07, 6.45) is 3.33. The zero-order valence-corrected chi connectivity index (χ0v) is 12.4. The summed E-state index contributed by atoms with van der Waals surface area (Å²) < 4.78 is 27.2. The first-order valence-electron chi connectivity index (χ1n) is 6.56. The summed E-state index contributed by atoms with van der Waals surface area (Å²) in [6.45, 7) is 0.565. The van der Waals surface area contributed by atoms with Gasteiger partial charge in [0.2, 0.25) is 0 Å². The Balaban J connectivity index is 2.20. The molecule has 0 aliphatic carbocycles. The Morgan fingerprint density at radius 1 is 1.35 bits per heavy atom. The molecule has 0 saturated carbocycles. The number of nitrogens with zero attached hydrogens (tertiary/aromatic N) is 1. The minimum Gasteiger partial charge on any atom is -0.336 e. The SMILES string of the molecule is O=C(c1cc(F)c(Cl)cc1F)N1CCCC1CCCCl. The summed E-state index contributed by atoms with van der Waals surface area (Å²) in [4.78, 5) is 14.0. The van der Waals surface area contributed by atoms with Crippen LogP contribution in [0.25, 0.3) is 0 Å². The van der Waals surface area contributed by atoms with E-state index in [1.807, 2.05) is 0 Å². The molecule has 0 spiro atoms. The molecule has 0 aromatic heterocycles. The van der Waals surface area contributed by atoms with Crippen LogP contribution < -0.4 is 0 Å². The number of halogens is 4. The zero-order chi connectivity index (χ0) is 14.7. The van der Waals surface area contributed by atoms with Gasteiger partial charge in [-0.25, -0.2) is 8.78 Å². The normalized spacial score (nSPS) is 18.6. The van der Waals surface area contributed by atoms with E-state index in [0.29, 0.717) is 12.4 Å². The highest BCUT2D eigenvalue weighted by Crippen LogP contribution is 2.26. The highest BCUT2D eigenvalue weighted by molar-refractivity contribution is 6.30. The van der Waals surface area contributed by atoms with Crippen molar-refractivity contribution in [3.05, 3.63) is 34.4 Å². The lowest BCUT2D eigenvalue weighted by Crippen LogP contribution is -2.36. The second-order valence-electron chi connectivity index (χ2n) is 4.87. The monoisotopic (exact) mass is 321 g/mol. The molecule has 1 unspecified atom stereocenters. The Morgan fingerprint density at radius 3 is 2.80 bits per heavy atom. The maximum atomic E-state index is 13.8. The number of carbonyl (C=O) groups excluding carboxylic acids is 1. The molecule has 0 bridgehead atoms. The van der Waals surface area contributed by atoms with Gasteiger partial charge in [0.05, 0.1) is 10.6 Å². The average Bonchev–Trinajstić information content (AvgIpc) is 2.88. The number of carbonyl (C=O) groups is 1. The number of rotatable bonds is 4. The van der Waals surface area contributed by atoms with Gasteiger partial charge in [-0.1, -0.05) is 11.6 Å². The number of alkyl halides is 1. The molecule has 0 radical (unpaired) electrons. The molecule has 1 aromatic carbocycles. The Hall–Kier alpha value is -0.870. The van der Waals surface area contributed by atoms with Crippen LogP contribution in [-0.4, -0.2) is 29.3 Å². The quantitative estimate of drug-likeness (QED) is 0.600. The summed E-state index contributed by atoms with van der Waals surface area (Å²) >= 11 is 11.2. The van der Waals surface area contributed by atoms with Crippen molar-refractivity contribution < 1.29 is 13.6 Å². The number of likely N-dealkylation sites (tertiary alicyclic amines) is 1. The number of hydrogen-bond donors (Lipinski definition) is 0. The summed E-state index contributed by atoms with van der Waals surface area (Å²) in [6, 6.07) is 1.77. The van der Waals surface area contributed by atoms with Crippen molar-refractivity contribution in [3.63, 3.8) is 0 Å². The minimum absolute atomic E-state index is 0.0550. The molecule has 1 amide bonds. The first-order chi connectivity index (χ1) is 9.54. The molecule has 110 valence electrons. The van der Waals surface area contributed by atoms with E-state index in [0.717, 1.165) is 37.8 Å². The van der Waals surface area contributed by atoms with Gasteiger partial charge in [0.25, 0.3) is 5.91 Å². The fourth-order valence-electron chi connectivity index (χ4n) is 2.56. The van der Waals surface area contributed by atoms with Gasteiger partial charge in [0, 0.05) is 18.5 Å². The zero-order valence-electron chi connectivity index (χ0n) is 10.8. The fraction of sp³-hybridized carbons (Fsp3) is 0.500. The molecule has 1 heterocycles. The largest absolute Gasteiger partial charge is 0.336 e. The maximum Gasteiger partial charge on any atom is 0.257 e. The molecule has 1 aromatic rings. The van der Waals surface area contributed by atoms with Crippen LogP contribution in [-0.2, 0) is 0 Å². The van der Waals surface area contributed by atoms with Crippen LogP contribution in [0.5, 0.6) is 0 Å². The molecule has 0 N–H and O–H groups in total. The Kier molecular flexibility index (Phi) is 5.22. The van der Waals surface area contributed by atoms with Crippen LogP contribution in [0, 0.1) is 11.6 Å². The van der Waals surface area contributed by atoms with E-state index in [1.165, 1.54) is 0 Å². The Labute approximate surface area is 126 Å². The lowest BCUT2D eigenvalue weighted by Gasteiger charge is -2.25. The standard InChI is InChI=1S/C14H15Cl2F2NO/c15-5-1-3-9-4-2-6-19(9)14(20)10-7-13(18)11(16)8-12(10)17/h7-9H,1-6H2. The van der Waals surface area contributed by atoms with E-state index in [-0.39, 0.29) is 16.6 Å². The van der Waals surface area contributed by atoms with E-state index in [9.17, 15) is 13.6 Å². The van der Waals surface area contributed by atoms with Gasteiger partial charge in [-0.05, 0) is 37.8 Å². The molecule has 1 fully saturated rings. The van der Waals surface area contributed by atoms with Gasteiger partial charge in [0.1, 0.15) is 11.6 Å². The van der Waals surface area contributed by atoms with Crippen molar-refractivity contribution >= 4 is 29.1 Å². The second kappa shape index (κ2) is 6.72. The van der Waals surface area contributed by atoms with E-state index < -0.39 is 17.5 Å². The van der Waals surface area contributed by atoms with Gasteiger partial charge in [0.15, 0.2) is 0 Å². The van der Waals surface area contributed by atoms with Crippen molar-refractivity contribution in [1.29, 1.82) is 0 Å². The predicted molar refractivity (Wildman–Crippen MR) is 75.4 cm³/mol. The van der Waals surface area contributed by atoms with Crippen molar-refractivity contribution in [2.75, 3.05) is 12.4 Å². The summed E-state index contributed by atoms with van der Waals surface area (Å²) in [5, 5.41) is -0.320. The summed E-state index contributed by atoms with van der Waals surface area (Å²) in [5.74, 6) is -1.52. The lowest BCUT2D eigenvalue weighted by atomic mass is 10.1. The molecule has 6 heteroatoms. The molecular weight excluding hydrogens is 307 g/mol. The van der Waals surface area contributed by atoms with Crippen molar-refractivity contribution in [3.8, 4) is 0 Å². The van der Waals surface area contributed by atoms with Crippen LogP contribution in [0.15, 0.2) is 12.1 Å². The molecule has 1 aliphatic heterocycles. The van der Waals surface area contributed by atoms with Crippen LogP contribution in [0.1, 0.15) is 36.0 Å². The highest BCUT2D eigenvalue weighted by atomic mass is 35.5. The van der Waals surface area contributed by atoms with E-state index in [4.69, 9.17) is 23.2 Å². The summed E-state index contributed by atoms with van der Waals surface area (Å²) in [5.41, 5.74) is -0.260. The molecular formula is C14H15Cl2F2NO. The highest BCUT2D eigenvalue weighted by Gasteiger charge is 2.30. The van der Waals surface area contributed by atoms with Crippen molar-refractivity contribution in [2.24, 2.45) is 0 Å². The first kappa shape index (κ1) is 15.5. The fourth-order valence-corrected chi connectivity index (χ4v) is 2.86. The van der Waals surface area contributed by atoms with Crippen LogP contribution in [0.3, 0.4) is 0 Å². The third-order valence-electron chi connectivity index (χ3n) is 3.55. The predicted octanol–water partition coefficient (Wildman–Crippen LogP) is 4.24. The van der Waals surface area contributed by atoms with Crippen LogP contribution in [0.4, 0.5) is 8.78 Å². The van der Waals surface area contributed by atoms with Crippen molar-refractivity contribution in [2.45, 2.75) is 31.7 Å². The first-order valence-corrected chi connectivity index (χ1v) is 7.47. The number of hydrogen-bond acceptors (Lipinski definition) is 1. The van der Waals surface area contributed by atoms with Crippen molar-refractivity contribution in [1.82, 2.24) is 4.90 Å². The minimum atomic E-state index is -0.788. The number of benzene rings is 1. The van der Waals surface area contributed by atoms with Gasteiger partial charge < -0.3 is 4.90 Å². The van der Waals surface area contributed by atoms with Gasteiger partial charge >= 0.3 is 0 Å². The molecule has 1 aliphatic rings. The third-order valence-corrected chi connectivity index (χ3v) is 4.11.